The lowest BCUT2D eigenvalue weighted by Crippen LogP contribution is -2.61. The van der Waals surface area contributed by atoms with Crippen molar-refractivity contribution in [3.63, 3.8) is 0 Å². The minimum Gasteiger partial charge on any atom is -0.389 e. The average Bonchev–Trinajstić information content (AvgIpc) is 2.57. The predicted molar refractivity (Wildman–Crippen MR) is 89.7 cm³/mol. The number of carbonyl (C=O) groups excluding carboxylic acids is 1. The number of carbonyl (C=O) groups is 1. The highest BCUT2D eigenvalue weighted by molar-refractivity contribution is 5.79. The number of nitrogens with one attached hydrogen (secondary N) is 2. The molecule has 6 unspecified atom stereocenters. The lowest BCUT2D eigenvalue weighted by molar-refractivity contribution is -0.154. The smallest absolute Gasteiger partial charge is 0.223 e. The van der Waals surface area contributed by atoms with Gasteiger partial charge in [-0.2, -0.15) is 0 Å². The molecule has 2 rings (SSSR count). The van der Waals surface area contributed by atoms with E-state index in [-0.39, 0.29) is 48.3 Å². The van der Waals surface area contributed by atoms with Gasteiger partial charge in [-0.25, -0.2) is 0 Å². The van der Waals surface area contributed by atoms with Gasteiger partial charge in [-0.05, 0) is 33.1 Å². The van der Waals surface area contributed by atoms with Gasteiger partial charge >= 0.3 is 0 Å². The van der Waals surface area contributed by atoms with Crippen LogP contribution in [0.3, 0.4) is 0 Å². The number of ether oxygens (including phenoxy) is 3. The third-order valence-electron chi connectivity index (χ3n) is 5.42. The Morgan fingerprint density at radius 1 is 1.04 bits per heavy atom. The SMILES string of the molecule is COC1CC(C(=O)NC2CC(C)NC(C)C2O)CC(OC)C1OC. The summed E-state index contributed by atoms with van der Waals surface area (Å²) in [7, 11) is 4.89. The van der Waals surface area contributed by atoms with Crippen LogP contribution in [0.2, 0.25) is 0 Å². The molecule has 24 heavy (non-hydrogen) atoms. The van der Waals surface area contributed by atoms with Crippen LogP contribution in [0.15, 0.2) is 0 Å². The standard InChI is InChI=1S/C17H32N2O5/c1-9-6-12(15(20)10(2)18-9)19-17(21)11-7-13(22-3)16(24-5)14(8-11)23-4/h9-16,18,20H,6-8H2,1-5H3,(H,19,21). The highest BCUT2D eigenvalue weighted by atomic mass is 16.6. The van der Waals surface area contributed by atoms with E-state index >= 15 is 0 Å². The predicted octanol–water partition coefficient (Wildman–Crippen LogP) is 0.0574. The van der Waals surface area contributed by atoms with Gasteiger partial charge in [-0.3, -0.25) is 4.79 Å². The van der Waals surface area contributed by atoms with Crippen LogP contribution in [0.25, 0.3) is 0 Å². The largest absolute Gasteiger partial charge is 0.389 e. The Balaban J connectivity index is 2.01. The zero-order valence-electron chi connectivity index (χ0n) is 15.3. The summed E-state index contributed by atoms with van der Waals surface area (Å²) in [5, 5.41) is 16.7. The maximum atomic E-state index is 12.7. The van der Waals surface area contributed by atoms with Gasteiger partial charge in [0, 0.05) is 39.3 Å². The van der Waals surface area contributed by atoms with Crippen LogP contribution in [0.5, 0.6) is 0 Å². The molecule has 6 atom stereocenters. The fourth-order valence-electron chi connectivity index (χ4n) is 4.07. The van der Waals surface area contributed by atoms with Crippen LogP contribution >= 0.6 is 0 Å². The van der Waals surface area contributed by atoms with Crippen molar-refractivity contribution in [2.24, 2.45) is 5.92 Å². The van der Waals surface area contributed by atoms with Crippen LogP contribution in [0.1, 0.15) is 33.1 Å². The van der Waals surface area contributed by atoms with E-state index in [1.807, 2.05) is 6.92 Å². The summed E-state index contributed by atoms with van der Waals surface area (Å²) >= 11 is 0. The van der Waals surface area contributed by atoms with Crippen LogP contribution in [-0.2, 0) is 19.0 Å². The minimum absolute atomic E-state index is 0.0401. The van der Waals surface area contributed by atoms with Gasteiger partial charge in [-0.1, -0.05) is 0 Å². The Hall–Kier alpha value is -0.730. The summed E-state index contributed by atoms with van der Waals surface area (Å²) in [5.74, 6) is -0.252. The zero-order chi connectivity index (χ0) is 17.9. The third kappa shape index (κ3) is 4.26. The molecule has 140 valence electrons. The maximum Gasteiger partial charge on any atom is 0.223 e. The molecular weight excluding hydrogens is 312 g/mol. The molecule has 1 aliphatic carbocycles. The number of aliphatic hydroxyl groups excluding tert-OH is 1. The Labute approximate surface area is 144 Å². The second-order valence-electron chi connectivity index (χ2n) is 7.11. The summed E-state index contributed by atoms with van der Waals surface area (Å²) in [6.45, 7) is 4.00. The molecule has 1 heterocycles. The molecule has 7 heteroatoms. The van der Waals surface area contributed by atoms with E-state index in [9.17, 15) is 9.90 Å². The first-order chi connectivity index (χ1) is 11.4. The molecule has 0 aromatic rings. The van der Waals surface area contributed by atoms with E-state index in [0.29, 0.717) is 19.3 Å². The second kappa shape index (κ2) is 8.58. The van der Waals surface area contributed by atoms with Crippen LogP contribution < -0.4 is 10.6 Å². The van der Waals surface area contributed by atoms with E-state index in [0.717, 1.165) is 0 Å². The average molecular weight is 344 g/mol. The van der Waals surface area contributed by atoms with Gasteiger partial charge in [0.25, 0.3) is 0 Å². The van der Waals surface area contributed by atoms with Crippen molar-refractivity contribution in [1.82, 2.24) is 10.6 Å². The first-order valence-electron chi connectivity index (χ1n) is 8.74. The second-order valence-corrected chi connectivity index (χ2v) is 7.11. The molecule has 2 fully saturated rings. The number of methoxy groups -OCH3 is 3. The quantitative estimate of drug-likeness (QED) is 0.653. The molecule has 0 radical (unpaired) electrons. The monoisotopic (exact) mass is 344 g/mol. The van der Waals surface area contributed by atoms with E-state index in [1.54, 1.807) is 21.3 Å². The van der Waals surface area contributed by atoms with Gasteiger partial charge in [-0.15, -0.1) is 0 Å². The summed E-state index contributed by atoms with van der Waals surface area (Å²) in [6, 6.07) is -0.0102. The Bertz CT molecular complexity index is 408. The highest BCUT2D eigenvalue weighted by Crippen LogP contribution is 2.31. The Morgan fingerprint density at radius 2 is 1.62 bits per heavy atom. The molecule has 3 N–H and O–H groups in total. The first-order valence-corrected chi connectivity index (χ1v) is 8.74. The van der Waals surface area contributed by atoms with Gasteiger partial charge in [0.05, 0.1) is 24.4 Å². The molecule has 1 aliphatic heterocycles. The molecule has 0 bridgehead atoms. The number of amides is 1. The van der Waals surface area contributed by atoms with Crippen molar-refractivity contribution in [2.45, 2.75) is 75.7 Å². The molecule has 1 saturated heterocycles. The van der Waals surface area contributed by atoms with Crippen molar-refractivity contribution in [1.29, 1.82) is 0 Å². The molecular formula is C17H32N2O5. The van der Waals surface area contributed by atoms with Gasteiger partial charge in [0.1, 0.15) is 6.10 Å². The van der Waals surface area contributed by atoms with Gasteiger partial charge in [0.2, 0.25) is 5.91 Å². The molecule has 1 amide bonds. The summed E-state index contributed by atoms with van der Waals surface area (Å²) < 4.78 is 16.5. The summed E-state index contributed by atoms with van der Waals surface area (Å²) in [4.78, 5) is 12.7. The normalized spacial score (nSPS) is 43.4. The fourth-order valence-corrected chi connectivity index (χ4v) is 4.07. The molecule has 7 nitrogen and oxygen atoms in total. The number of rotatable bonds is 5. The molecule has 0 aromatic carbocycles. The van der Waals surface area contributed by atoms with Crippen molar-refractivity contribution < 1.29 is 24.1 Å². The van der Waals surface area contributed by atoms with Crippen molar-refractivity contribution in [3.8, 4) is 0 Å². The first kappa shape index (κ1) is 19.6. The fraction of sp³-hybridized carbons (Fsp3) is 0.941. The molecule has 0 spiro atoms. The van der Waals surface area contributed by atoms with Crippen molar-refractivity contribution in [2.75, 3.05) is 21.3 Å². The minimum atomic E-state index is -0.586. The van der Waals surface area contributed by atoms with E-state index < -0.39 is 6.10 Å². The summed E-state index contributed by atoms with van der Waals surface area (Å²) in [6.07, 6.45) is 0.775. The highest BCUT2D eigenvalue weighted by Gasteiger charge is 2.42. The lowest BCUT2D eigenvalue weighted by Gasteiger charge is -2.41. The van der Waals surface area contributed by atoms with Crippen LogP contribution in [0, 0.1) is 5.92 Å². The zero-order valence-corrected chi connectivity index (χ0v) is 15.3. The summed E-state index contributed by atoms with van der Waals surface area (Å²) in [5.41, 5.74) is 0. The Kier molecular flexibility index (Phi) is 7.00. The molecule has 2 aliphatic rings. The van der Waals surface area contributed by atoms with Crippen LogP contribution in [-0.4, -0.2) is 74.9 Å². The van der Waals surface area contributed by atoms with Crippen molar-refractivity contribution in [3.05, 3.63) is 0 Å². The Morgan fingerprint density at radius 3 is 2.12 bits per heavy atom. The lowest BCUT2D eigenvalue weighted by atomic mass is 9.82. The topological polar surface area (TPSA) is 89.1 Å². The molecule has 1 saturated carbocycles. The third-order valence-corrected chi connectivity index (χ3v) is 5.42. The maximum absolute atomic E-state index is 12.7. The van der Waals surface area contributed by atoms with E-state index in [1.165, 1.54) is 0 Å². The van der Waals surface area contributed by atoms with Gasteiger partial charge in [0.15, 0.2) is 0 Å². The van der Waals surface area contributed by atoms with Crippen LogP contribution in [0.4, 0.5) is 0 Å². The van der Waals surface area contributed by atoms with E-state index in [2.05, 4.69) is 17.6 Å². The number of hydrogen-bond donors (Lipinski definition) is 3. The number of hydrogen-bond acceptors (Lipinski definition) is 6. The van der Waals surface area contributed by atoms with Crippen molar-refractivity contribution >= 4 is 5.91 Å². The van der Waals surface area contributed by atoms with Gasteiger partial charge < -0.3 is 30.0 Å². The van der Waals surface area contributed by atoms with E-state index in [4.69, 9.17) is 14.2 Å². The number of aliphatic hydroxyl groups is 1. The molecule has 0 aromatic heterocycles. The number of piperidine rings is 1.